The third-order valence-corrected chi connectivity index (χ3v) is 8.58. The van der Waals surface area contributed by atoms with Crippen LogP contribution in [0.4, 0.5) is 0 Å². The van der Waals surface area contributed by atoms with Gasteiger partial charge in [0.1, 0.15) is 0 Å². The Labute approximate surface area is 253 Å². The third-order valence-electron chi connectivity index (χ3n) is 8.09. The van der Waals surface area contributed by atoms with Crippen molar-refractivity contribution in [2.75, 3.05) is 6.61 Å². The zero-order valence-corrected chi connectivity index (χ0v) is 27.9. The zero-order valence-electron chi connectivity index (χ0n) is 27.0. The quantitative estimate of drug-likeness (QED) is 0.0448. The first-order valence-electron chi connectivity index (χ1n) is 17.5. The number of unbranched alkanes of at least 4 members (excludes halogenated alkanes) is 23. The summed E-state index contributed by atoms with van der Waals surface area (Å²) in [7, 11) is -4.67. The maximum absolute atomic E-state index is 12.4. The highest BCUT2D eigenvalue weighted by Gasteiger charge is 2.25. The molecule has 0 aromatic carbocycles. The summed E-state index contributed by atoms with van der Waals surface area (Å²) < 4.78 is 15.8. The highest BCUT2D eigenvalue weighted by atomic mass is 31.2. The van der Waals surface area contributed by atoms with Crippen LogP contribution >= 0.6 is 7.82 Å². The Morgan fingerprint density at radius 3 is 1.32 bits per heavy atom. The van der Waals surface area contributed by atoms with Crippen LogP contribution in [0.15, 0.2) is 0 Å². The van der Waals surface area contributed by atoms with Crippen molar-refractivity contribution in [3.05, 3.63) is 0 Å². The molecule has 0 aliphatic carbocycles. The number of phosphoric ester groups is 1. The second-order valence-electron chi connectivity index (χ2n) is 12.2. The van der Waals surface area contributed by atoms with E-state index in [1.807, 2.05) is 0 Å². The molecule has 1 amide bonds. The van der Waals surface area contributed by atoms with Gasteiger partial charge in [0, 0.05) is 6.42 Å². The van der Waals surface area contributed by atoms with E-state index in [9.17, 15) is 14.5 Å². The molecule has 0 unspecified atom stereocenters. The largest absolute Gasteiger partial charge is 0.469 e. The minimum absolute atomic E-state index is 0.197. The Morgan fingerprint density at radius 2 is 0.951 bits per heavy atom. The first-order valence-corrected chi connectivity index (χ1v) is 19.0. The number of rotatable bonds is 32. The molecule has 0 aliphatic rings. The van der Waals surface area contributed by atoms with Crippen molar-refractivity contribution < 1.29 is 28.8 Å². The molecule has 0 aliphatic heterocycles. The standard InChI is InChI=1S/C33H68NO6P/c1-3-5-7-9-11-13-14-15-16-17-18-19-20-21-22-24-26-28-32(35)31(30-40-41(37,38)39)34-33(36)29-27-25-23-12-10-8-6-4-2/h31-32,35H,3-30H2,1-2H3,(H,34,36)(H2,37,38,39)/t31-,32+/m0/s1. The normalized spacial score (nSPS) is 13.4. The molecule has 0 bridgehead atoms. The van der Waals surface area contributed by atoms with Gasteiger partial charge in [-0.2, -0.15) is 0 Å². The van der Waals surface area contributed by atoms with E-state index >= 15 is 0 Å². The lowest BCUT2D eigenvalue weighted by atomic mass is 10.0. The minimum atomic E-state index is -4.67. The van der Waals surface area contributed by atoms with E-state index in [2.05, 4.69) is 23.7 Å². The van der Waals surface area contributed by atoms with Gasteiger partial charge in [-0.05, 0) is 12.8 Å². The molecule has 0 radical (unpaired) electrons. The first-order chi connectivity index (χ1) is 19.8. The van der Waals surface area contributed by atoms with Crippen LogP contribution in [0, 0.1) is 0 Å². The van der Waals surface area contributed by atoms with Crippen LogP contribution in [0.25, 0.3) is 0 Å². The van der Waals surface area contributed by atoms with Crippen LogP contribution < -0.4 is 5.32 Å². The van der Waals surface area contributed by atoms with Crippen LogP contribution in [-0.2, 0) is 13.9 Å². The van der Waals surface area contributed by atoms with E-state index < -0.39 is 26.6 Å². The predicted molar refractivity (Wildman–Crippen MR) is 172 cm³/mol. The van der Waals surface area contributed by atoms with Crippen molar-refractivity contribution in [1.82, 2.24) is 5.32 Å². The summed E-state index contributed by atoms with van der Waals surface area (Å²) in [5.74, 6) is -0.197. The summed E-state index contributed by atoms with van der Waals surface area (Å²) in [6.07, 6.45) is 30.9. The number of phosphoric acid groups is 1. The second-order valence-corrected chi connectivity index (χ2v) is 13.4. The molecule has 2 atom stereocenters. The number of nitrogens with one attached hydrogen (secondary N) is 1. The molecule has 0 saturated carbocycles. The van der Waals surface area contributed by atoms with Gasteiger partial charge in [0.2, 0.25) is 5.91 Å². The molecular formula is C33H68NO6P. The molecule has 0 rings (SSSR count). The maximum atomic E-state index is 12.4. The molecule has 8 heteroatoms. The van der Waals surface area contributed by atoms with E-state index in [4.69, 9.17) is 9.79 Å². The fourth-order valence-corrected chi connectivity index (χ4v) is 5.76. The number of carbonyl (C=O) groups is 1. The zero-order chi connectivity index (χ0) is 30.4. The smallest absolute Gasteiger partial charge is 0.391 e. The SMILES string of the molecule is CCCCCCCCCCCCCCCCCCC[C@@H](O)[C@H](COP(=O)(O)O)NC(=O)CCCCCCCCCC. The van der Waals surface area contributed by atoms with E-state index in [1.54, 1.807) is 0 Å². The van der Waals surface area contributed by atoms with Gasteiger partial charge in [-0.25, -0.2) is 4.57 Å². The van der Waals surface area contributed by atoms with Gasteiger partial charge in [0.05, 0.1) is 18.8 Å². The molecule has 0 heterocycles. The fraction of sp³-hybridized carbons (Fsp3) is 0.970. The fourth-order valence-electron chi connectivity index (χ4n) is 5.40. The van der Waals surface area contributed by atoms with E-state index in [-0.39, 0.29) is 5.91 Å². The predicted octanol–water partition coefficient (Wildman–Crippen LogP) is 9.51. The number of hydrogen-bond donors (Lipinski definition) is 4. The molecule has 4 N–H and O–H groups in total. The molecular weight excluding hydrogens is 537 g/mol. The van der Waals surface area contributed by atoms with Crippen molar-refractivity contribution in [2.24, 2.45) is 0 Å². The average molecular weight is 606 g/mol. The van der Waals surface area contributed by atoms with Gasteiger partial charge in [0.25, 0.3) is 0 Å². The van der Waals surface area contributed by atoms with E-state index in [0.29, 0.717) is 12.8 Å². The Kier molecular flexibility index (Phi) is 29.3. The summed E-state index contributed by atoms with van der Waals surface area (Å²) in [6.45, 7) is 4.08. The monoisotopic (exact) mass is 605 g/mol. The summed E-state index contributed by atoms with van der Waals surface area (Å²) >= 11 is 0. The molecule has 0 aromatic rings. The molecule has 41 heavy (non-hydrogen) atoms. The second kappa shape index (κ2) is 29.6. The number of aliphatic hydroxyl groups excluding tert-OH is 1. The number of aliphatic hydroxyl groups is 1. The molecule has 246 valence electrons. The van der Waals surface area contributed by atoms with Crippen LogP contribution in [0.5, 0.6) is 0 Å². The van der Waals surface area contributed by atoms with Crippen LogP contribution in [-0.4, -0.2) is 39.6 Å². The molecule has 0 aromatic heterocycles. The highest BCUT2D eigenvalue weighted by molar-refractivity contribution is 7.46. The average Bonchev–Trinajstić information content (AvgIpc) is 2.93. The summed E-state index contributed by atoms with van der Waals surface area (Å²) in [6, 6.07) is -0.815. The van der Waals surface area contributed by atoms with Gasteiger partial charge in [0.15, 0.2) is 0 Å². The van der Waals surface area contributed by atoms with Crippen molar-refractivity contribution >= 4 is 13.7 Å². The third kappa shape index (κ3) is 30.8. The lowest BCUT2D eigenvalue weighted by molar-refractivity contribution is -0.123. The summed E-state index contributed by atoms with van der Waals surface area (Å²) in [4.78, 5) is 30.6. The summed E-state index contributed by atoms with van der Waals surface area (Å²) in [5.41, 5.74) is 0. The lowest BCUT2D eigenvalue weighted by Crippen LogP contribution is -2.46. The van der Waals surface area contributed by atoms with Gasteiger partial charge in [-0.3, -0.25) is 9.32 Å². The number of amides is 1. The topological polar surface area (TPSA) is 116 Å². The minimum Gasteiger partial charge on any atom is -0.391 e. The highest BCUT2D eigenvalue weighted by Crippen LogP contribution is 2.36. The Hall–Kier alpha value is -0.460. The van der Waals surface area contributed by atoms with Gasteiger partial charge < -0.3 is 20.2 Å². The molecule has 0 spiro atoms. The Balaban J connectivity index is 3.92. The van der Waals surface area contributed by atoms with Crippen molar-refractivity contribution in [2.45, 2.75) is 199 Å². The van der Waals surface area contributed by atoms with Crippen molar-refractivity contribution in [3.63, 3.8) is 0 Å². The number of hydrogen-bond acceptors (Lipinski definition) is 4. The lowest BCUT2D eigenvalue weighted by Gasteiger charge is -2.24. The molecule has 7 nitrogen and oxygen atoms in total. The van der Waals surface area contributed by atoms with Gasteiger partial charge in [-0.15, -0.1) is 0 Å². The van der Waals surface area contributed by atoms with Crippen LogP contribution in [0.2, 0.25) is 0 Å². The Morgan fingerprint density at radius 1 is 0.610 bits per heavy atom. The van der Waals surface area contributed by atoms with Gasteiger partial charge >= 0.3 is 7.82 Å². The summed E-state index contributed by atoms with van der Waals surface area (Å²) in [5, 5.41) is 13.4. The maximum Gasteiger partial charge on any atom is 0.469 e. The van der Waals surface area contributed by atoms with Crippen LogP contribution in [0.1, 0.15) is 187 Å². The van der Waals surface area contributed by atoms with Crippen molar-refractivity contribution in [3.8, 4) is 0 Å². The Bertz CT molecular complexity index is 615. The molecule has 0 fully saturated rings. The van der Waals surface area contributed by atoms with Crippen LogP contribution in [0.3, 0.4) is 0 Å². The molecule has 0 saturated heterocycles. The van der Waals surface area contributed by atoms with E-state index in [0.717, 1.165) is 38.5 Å². The van der Waals surface area contributed by atoms with Gasteiger partial charge in [-0.1, -0.05) is 168 Å². The van der Waals surface area contributed by atoms with E-state index in [1.165, 1.54) is 122 Å². The van der Waals surface area contributed by atoms with Crippen molar-refractivity contribution in [1.29, 1.82) is 0 Å². The first kappa shape index (κ1) is 40.5. The number of carbonyl (C=O) groups excluding carboxylic acids is 1.